The maximum atomic E-state index is 13.2. The van der Waals surface area contributed by atoms with E-state index in [0.29, 0.717) is 12.1 Å². The lowest BCUT2D eigenvalue weighted by Crippen LogP contribution is -2.15. The maximum Gasteiger partial charge on any atom is 0.419 e. The van der Waals surface area contributed by atoms with Crippen molar-refractivity contribution < 1.29 is 22.3 Å². The van der Waals surface area contributed by atoms with E-state index in [0.717, 1.165) is 6.07 Å². The Morgan fingerprint density at radius 2 is 1.95 bits per heavy atom. The van der Waals surface area contributed by atoms with E-state index in [1.807, 2.05) is 0 Å². The number of hydrogen-bond acceptors (Lipinski definition) is 4. The molecule has 0 aliphatic carbocycles. The van der Waals surface area contributed by atoms with Gasteiger partial charge in [0.1, 0.15) is 11.6 Å². The molecule has 0 aliphatic rings. The van der Waals surface area contributed by atoms with Gasteiger partial charge in [-0.3, -0.25) is 4.98 Å². The number of nitrogens with one attached hydrogen (secondary N) is 1. The van der Waals surface area contributed by atoms with Gasteiger partial charge in [-0.05, 0) is 18.2 Å². The van der Waals surface area contributed by atoms with E-state index in [9.17, 15) is 22.4 Å². The molecule has 1 heterocycles. The van der Waals surface area contributed by atoms with E-state index in [1.165, 1.54) is 7.11 Å². The summed E-state index contributed by atoms with van der Waals surface area (Å²) in [6.07, 6.45) is -4.85. The molecule has 0 aliphatic heterocycles. The molecule has 106 valence electrons. The Morgan fingerprint density at radius 1 is 1.25 bits per heavy atom. The van der Waals surface area contributed by atoms with Gasteiger partial charge in [-0.1, -0.05) is 0 Å². The lowest BCUT2D eigenvalue weighted by molar-refractivity contribution is -0.139. The molecule has 0 unspecified atom stereocenters. The fourth-order valence-corrected chi connectivity index (χ4v) is 1.48. The van der Waals surface area contributed by atoms with E-state index in [2.05, 4.69) is 19.7 Å². The van der Waals surface area contributed by atoms with Crippen LogP contribution in [0, 0.1) is 5.82 Å². The fraction of sp³-hybridized carbons (Fsp3) is 0.182. The zero-order valence-corrected chi connectivity index (χ0v) is 9.95. The van der Waals surface area contributed by atoms with Crippen LogP contribution in [0.15, 0.2) is 23.0 Å². The van der Waals surface area contributed by atoms with Crippen molar-refractivity contribution in [3.05, 3.63) is 40.1 Å². The Kier molecular flexibility index (Phi) is 3.43. The molecule has 1 aromatic heterocycles. The normalized spacial score (nSPS) is 11.4. The monoisotopic (exact) mass is 289 g/mol. The van der Waals surface area contributed by atoms with Crippen LogP contribution in [0.5, 0.6) is 6.01 Å². The van der Waals surface area contributed by atoms with Gasteiger partial charge in [0.25, 0.3) is 0 Å². The quantitative estimate of drug-likeness (QED) is 0.859. The molecule has 1 aromatic carbocycles. The highest BCUT2D eigenvalue weighted by atomic mass is 19.4. The highest BCUT2D eigenvalue weighted by Gasteiger charge is 2.34. The van der Waals surface area contributed by atoms with Crippen LogP contribution in [-0.4, -0.2) is 22.1 Å². The van der Waals surface area contributed by atoms with E-state index < -0.39 is 23.2 Å². The lowest BCUT2D eigenvalue weighted by Gasteiger charge is -2.09. The summed E-state index contributed by atoms with van der Waals surface area (Å²) in [5.41, 5.74) is -2.41. The summed E-state index contributed by atoms with van der Waals surface area (Å²) in [5, 5.41) is 0. The van der Waals surface area contributed by atoms with Crippen LogP contribution in [0.1, 0.15) is 5.56 Å². The summed E-state index contributed by atoms with van der Waals surface area (Å²) in [6.45, 7) is 0. The topological polar surface area (TPSA) is 67.9 Å². The van der Waals surface area contributed by atoms with Crippen molar-refractivity contribution in [2.24, 2.45) is 0 Å². The molecule has 1 N–H and O–H groups in total. The molecule has 2 aromatic rings. The van der Waals surface area contributed by atoms with Gasteiger partial charge in [-0.2, -0.15) is 18.2 Å². The third-order valence-electron chi connectivity index (χ3n) is 2.36. The number of hydrogen-bond donors (Lipinski definition) is 1. The van der Waals surface area contributed by atoms with Gasteiger partial charge in [0.2, 0.25) is 0 Å². The molecule has 0 spiro atoms. The Labute approximate surface area is 109 Å². The minimum absolute atomic E-state index is 0.114. The van der Waals surface area contributed by atoms with Crippen LogP contribution in [0.2, 0.25) is 0 Å². The van der Waals surface area contributed by atoms with Gasteiger partial charge in [0, 0.05) is 5.56 Å². The van der Waals surface area contributed by atoms with Crippen molar-refractivity contribution in [2.45, 2.75) is 6.18 Å². The number of rotatable bonds is 2. The largest absolute Gasteiger partial charge is 0.467 e. The average Bonchev–Trinajstić information content (AvgIpc) is 2.37. The first-order valence-corrected chi connectivity index (χ1v) is 5.20. The third-order valence-corrected chi connectivity index (χ3v) is 2.36. The summed E-state index contributed by atoms with van der Waals surface area (Å²) in [5.74, 6) is -1.61. The standard InChI is InChI=1S/C11H7F4N3O2/c1-20-10-17-8(16-9(19)18-10)5-2-3-7(12)6(4-5)11(13,14)15/h2-4H,1H3,(H,16,17,18,19). The number of aromatic amines is 1. The third kappa shape index (κ3) is 2.76. The first-order chi connectivity index (χ1) is 9.31. The molecule has 0 amide bonds. The second-order valence-electron chi connectivity index (χ2n) is 3.68. The number of nitrogens with zero attached hydrogens (tertiary/aromatic N) is 2. The second-order valence-corrected chi connectivity index (χ2v) is 3.68. The molecule has 20 heavy (non-hydrogen) atoms. The van der Waals surface area contributed by atoms with E-state index in [-0.39, 0.29) is 17.4 Å². The molecule has 5 nitrogen and oxygen atoms in total. The zero-order valence-electron chi connectivity index (χ0n) is 9.95. The second kappa shape index (κ2) is 4.91. The van der Waals surface area contributed by atoms with Crippen LogP contribution in [0.3, 0.4) is 0 Å². The van der Waals surface area contributed by atoms with Crippen molar-refractivity contribution >= 4 is 0 Å². The van der Waals surface area contributed by atoms with E-state index >= 15 is 0 Å². The van der Waals surface area contributed by atoms with Crippen LogP contribution in [0.25, 0.3) is 11.4 Å². The zero-order chi connectivity index (χ0) is 14.9. The van der Waals surface area contributed by atoms with E-state index in [4.69, 9.17) is 0 Å². The van der Waals surface area contributed by atoms with Gasteiger partial charge >= 0.3 is 17.9 Å². The van der Waals surface area contributed by atoms with Gasteiger partial charge < -0.3 is 4.74 Å². The Bertz CT molecular complexity index is 697. The van der Waals surface area contributed by atoms with Crippen molar-refractivity contribution in [3.8, 4) is 17.4 Å². The molecule has 0 saturated carbocycles. The van der Waals surface area contributed by atoms with Crippen LogP contribution < -0.4 is 10.4 Å². The maximum absolute atomic E-state index is 13.2. The predicted molar refractivity (Wildman–Crippen MR) is 59.6 cm³/mol. The minimum Gasteiger partial charge on any atom is -0.467 e. The minimum atomic E-state index is -4.85. The number of methoxy groups -OCH3 is 1. The predicted octanol–water partition coefficient (Wildman–Crippen LogP) is 2.00. The molecule has 0 radical (unpaired) electrons. The average molecular weight is 289 g/mol. The molecule has 0 fully saturated rings. The molecule has 0 saturated heterocycles. The number of H-pyrrole nitrogens is 1. The smallest absolute Gasteiger partial charge is 0.419 e. The lowest BCUT2D eigenvalue weighted by atomic mass is 10.1. The van der Waals surface area contributed by atoms with Crippen LogP contribution >= 0.6 is 0 Å². The fourth-order valence-electron chi connectivity index (χ4n) is 1.48. The highest BCUT2D eigenvalue weighted by Crippen LogP contribution is 2.33. The number of alkyl halides is 3. The van der Waals surface area contributed by atoms with Gasteiger partial charge in [-0.25, -0.2) is 9.18 Å². The number of benzene rings is 1. The van der Waals surface area contributed by atoms with Crippen molar-refractivity contribution in [2.75, 3.05) is 7.11 Å². The Hall–Kier alpha value is -2.45. The Balaban J connectivity index is 2.59. The molecular formula is C11H7F4N3O2. The Morgan fingerprint density at radius 3 is 2.55 bits per heavy atom. The van der Waals surface area contributed by atoms with Crippen molar-refractivity contribution in [1.29, 1.82) is 0 Å². The molecule has 0 atom stereocenters. The molecule has 2 rings (SSSR count). The number of halogens is 4. The molecular weight excluding hydrogens is 282 g/mol. The number of ether oxygens (including phenoxy) is 1. The highest BCUT2D eigenvalue weighted by molar-refractivity contribution is 5.56. The van der Waals surface area contributed by atoms with Gasteiger partial charge in [0.05, 0.1) is 12.7 Å². The summed E-state index contributed by atoms with van der Waals surface area (Å²) in [7, 11) is 1.20. The van der Waals surface area contributed by atoms with Crippen LogP contribution in [-0.2, 0) is 6.18 Å². The van der Waals surface area contributed by atoms with Gasteiger partial charge in [-0.15, -0.1) is 4.98 Å². The van der Waals surface area contributed by atoms with Crippen molar-refractivity contribution in [3.63, 3.8) is 0 Å². The summed E-state index contributed by atoms with van der Waals surface area (Å²) >= 11 is 0. The number of aromatic nitrogens is 3. The first kappa shape index (κ1) is 14.0. The summed E-state index contributed by atoms with van der Waals surface area (Å²) in [6, 6.07) is 1.95. The summed E-state index contributed by atoms with van der Waals surface area (Å²) in [4.78, 5) is 20.4. The van der Waals surface area contributed by atoms with E-state index in [1.54, 1.807) is 0 Å². The molecule has 9 heteroatoms. The molecule has 0 bridgehead atoms. The SMILES string of the molecule is COc1nc(-c2ccc(F)c(C(F)(F)F)c2)[nH]c(=O)n1. The first-order valence-electron chi connectivity index (χ1n) is 5.20. The van der Waals surface area contributed by atoms with Crippen LogP contribution in [0.4, 0.5) is 17.6 Å². The summed E-state index contributed by atoms with van der Waals surface area (Å²) < 4.78 is 55.6. The van der Waals surface area contributed by atoms with Gasteiger partial charge in [0.15, 0.2) is 0 Å². The van der Waals surface area contributed by atoms with Crippen molar-refractivity contribution in [1.82, 2.24) is 15.0 Å².